The van der Waals surface area contributed by atoms with Gasteiger partial charge in [0.15, 0.2) is 23.0 Å². The maximum atomic E-state index is 11.2. The molecule has 1 aromatic carbocycles. The van der Waals surface area contributed by atoms with Crippen LogP contribution in [-0.4, -0.2) is 11.0 Å². The van der Waals surface area contributed by atoms with Gasteiger partial charge in [-0.05, 0) is 18.2 Å². The lowest BCUT2D eigenvalue weighted by molar-refractivity contribution is 0.0800. The van der Waals surface area contributed by atoms with Crippen molar-refractivity contribution in [2.24, 2.45) is 0 Å². The molecule has 0 atom stereocenters. The topological polar surface area (TPSA) is 39.2 Å². The van der Waals surface area contributed by atoms with Crippen LogP contribution in [-0.2, 0) is 3.07 Å². The highest BCUT2D eigenvalue weighted by molar-refractivity contribution is 14.1. The van der Waals surface area contributed by atoms with Gasteiger partial charge in [-0.2, -0.15) is 0 Å². The van der Waals surface area contributed by atoms with Crippen molar-refractivity contribution in [2.75, 3.05) is 0 Å². The Morgan fingerprint density at radius 3 is 2.93 bits per heavy atom. The second-order valence-corrected chi connectivity index (χ2v) is 4.28. The largest absolute Gasteiger partial charge is 0.391 e. The quantitative estimate of drug-likeness (QED) is 0.714. The molecule has 0 radical (unpaired) electrons. The third-order valence-corrected chi connectivity index (χ3v) is 2.85. The van der Waals surface area contributed by atoms with Crippen molar-refractivity contribution in [1.29, 1.82) is 0 Å². The summed E-state index contributed by atoms with van der Waals surface area (Å²) in [6, 6.07) is 7.46. The Morgan fingerprint density at radius 1 is 1.40 bits per heavy atom. The van der Waals surface area contributed by atoms with Gasteiger partial charge in [0.25, 0.3) is 0 Å². The van der Waals surface area contributed by atoms with Crippen LogP contribution >= 0.6 is 38.9 Å². The first-order chi connectivity index (χ1) is 7.20. The summed E-state index contributed by atoms with van der Waals surface area (Å²) in [6.45, 7) is 0. The lowest BCUT2D eigenvalue weighted by Gasteiger charge is -2.00. The molecule has 1 heterocycles. The van der Waals surface area contributed by atoms with Crippen molar-refractivity contribution in [1.82, 2.24) is 4.98 Å². The molecule has 0 saturated heterocycles. The summed E-state index contributed by atoms with van der Waals surface area (Å²) in [5.41, 5.74) is 1.30. The number of hydrogen-bond donors (Lipinski definition) is 0. The minimum Gasteiger partial charge on any atom is -0.391 e. The fourth-order valence-corrected chi connectivity index (χ4v) is 1.85. The van der Waals surface area contributed by atoms with Crippen LogP contribution < -0.4 is 0 Å². The summed E-state index contributed by atoms with van der Waals surface area (Å²) in [7, 11) is 0. The van der Waals surface area contributed by atoms with E-state index < -0.39 is 0 Å². The molecular weight excluding hydrogens is 373 g/mol. The van der Waals surface area contributed by atoms with Gasteiger partial charge in [-0.25, -0.2) is 4.79 Å². The zero-order valence-electron chi connectivity index (χ0n) is 7.41. The molecule has 0 spiro atoms. The lowest BCUT2D eigenvalue weighted by atomic mass is 10.2. The van der Waals surface area contributed by atoms with Crippen molar-refractivity contribution in [3.63, 3.8) is 0 Å². The molecule has 0 N–H and O–H groups in total. The molecule has 0 fully saturated rings. The monoisotopic (exact) mass is 377 g/mol. The van der Waals surface area contributed by atoms with Gasteiger partial charge in [0.05, 0.1) is 11.1 Å². The fourth-order valence-electron chi connectivity index (χ4n) is 1.25. The van der Waals surface area contributed by atoms with Crippen molar-refractivity contribution >= 4 is 55.8 Å². The Bertz CT molecular complexity index is 530. The molecule has 0 saturated carbocycles. The Balaban J connectivity index is 2.57. The first kappa shape index (κ1) is 10.8. The smallest absolute Gasteiger partial charge is 0.349 e. The number of nitrogens with zero attached hydrogens (tertiary/aromatic N) is 1. The molecule has 3 nitrogen and oxygen atoms in total. The van der Waals surface area contributed by atoms with Crippen LogP contribution in [0.15, 0.2) is 34.9 Å². The Labute approximate surface area is 109 Å². The minimum atomic E-state index is -0.382. The van der Waals surface area contributed by atoms with Crippen molar-refractivity contribution < 1.29 is 7.86 Å². The molecule has 0 unspecified atom stereocenters. The highest BCUT2D eigenvalue weighted by Gasteiger charge is 2.07. The number of hydrogen-bond acceptors (Lipinski definition) is 3. The van der Waals surface area contributed by atoms with Crippen LogP contribution in [0.25, 0.3) is 10.9 Å². The summed E-state index contributed by atoms with van der Waals surface area (Å²) >= 11 is 4.92. The summed E-state index contributed by atoms with van der Waals surface area (Å²) < 4.78 is 5.56. The van der Waals surface area contributed by atoms with Gasteiger partial charge >= 0.3 is 5.97 Å². The highest BCUT2D eigenvalue weighted by atomic mass is 127. The van der Waals surface area contributed by atoms with E-state index in [4.69, 9.17) is 0 Å². The molecular formula is C10H5BrINO2. The maximum absolute atomic E-state index is 11.2. The van der Waals surface area contributed by atoms with E-state index in [1.54, 1.807) is 29.1 Å². The number of carbonyl (C=O) groups is 1. The van der Waals surface area contributed by atoms with E-state index in [-0.39, 0.29) is 5.97 Å². The average molecular weight is 378 g/mol. The predicted octanol–water partition coefficient (Wildman–Crippen LogP) is 3.50. The number of fused-ring (bicyclic) bond motifs is 1. The second kappa shape index (κ2) is 4.44. The summed E-state index contributed by atoms with van der Waals surface area (Å²) in [4.78, 5) is 15.4. The van der Waals surface area contributed by atoms with Gasteiger partial charge in [-0.1, -0.05) is 22.0 Å². The normalized spacial score (nSPS) is 10.3. The number of pyridine rings is 1. The number of halogens is 2. The zero-order chi connectivity index (χ0) is 10.8. The predicted molar refractivity (Wildman–Crippen MR) is 68.9 cm³/mol. The van der Waals surface area contributed by atoms with E-state index in [2.05, 4.69) is 24.0 Å². The second-order valence-electron chi connectivity index (χ2n) is 2.93. The summed E-state index contributed by atoms with van der Waals surface area (Å²) in [6.07, 6.45) is 1.51. The van der Waals surface area contributed by atoms with Crippen molar-refractivity contribution in [3.05, 3.63) is 40.5 Å². The number of carbonyl (C=O) groups excluding carboxylic acids is 1. The van der Waals surface area contributed by atoms with E-state index >= 15 is 0 Å². The van der Waals surface area contributed by atoms with Gasteiger partial charge in [-0.3, -0.25) is 4.98 Å². The molecule has 0 aliphatic carbocycles. The average Bonchev–Trinajstić information content (AvgIpc) is 2.27. The molecule has 5 heteroatoms. The van der Waals surface area contributed by atoms with E-state index in [9.17, 15) is 4.79 Å². The Morgan fingerprint density at radius 2 is 2.20 bits per heavy atom. The number of benzene rings is 1. The van der Waals surface area contributed by atoms with Crippen LogP contribution in [0.5, 0.6) is 0 Å². The van der Waals surface area contributed by atoms with Crippen LogP contribution in [0.3, 0.4) is 0 Å². The van der Waals surface area contributed by atoms with Gasteiger partial charge in [0.2, 0.25) is 0 Å². The molecule has 0 aliphatic heterocycles. The molecule has 0 aliphatic rings. The first-order valence-corrected chi connectivity index (χ1v) is 5.76. The molecule has 2 aromatic rings. The molecule has 0 amide bonds. The van der Waals surface area contributed by atoms with Gasteiger partial charge in [-0.15, -0.1) is 0 Å². The maximum Gasteiger partial charge on any atom is 0.349 e. The minimum absolute atomic E-state index is 0.382. The third-order valence-electron chi connectivity index (χ3n) is 1.95. The third kappa shape index (κ3) is 2.28. The molecule has 76 valence electrons. The first-order valence-electron chi connectivity index (χ1n) is 4.09. The molecule has 0 bridgehead atoms. The van der Waals surface area contributed by atoms with E-state index in [1.807, 2.05) is 18.2 Å². The van der Waals surface area contributed by atoms with Gasteiger partial charge in [0, 0.05) is 16.1 Å². The summed E-state index contributed by atoms with van der Waals surface area (Å²) in [5.74, 6) is -0.382. The highest BCUT2D eigenvalue weighted by Crippen LogP contribution is 2.19. The Hall–Kier alpha value is -0.690. The van der Waals surface area contributed by atoms with Crippen molar-refractivity contribution in [2.45, 2.75) is 0 Å². The fraction of sp³-hybridized carbons (Fsp3) is 0. The summed E-state index contributed by atoms with van der Waals surface area (Å²) in [5, 5.41) is 0.914. The zero-order valence-corrected chi connectivity index (χ0v) is 11.1. The van der Waals surface area contributed by atoms with Crippen LogP contribution in [0.4, 0.5) is 0 Å². The van der Waals surface area contributed by atoms with Gasteiger partial charge in [0.1, 0.15) is 0 Å². The molecule has 15 heavy (non-hydrogen) atoms. The van der Waals surface area contributed by atoms with E-state index in [0.717, 1.165) is 15.4 Å². The number of aromatic nitrogens is 1. The van der Waals surface area contributed by atoms with Crippen LogP contribution in [0, 0.1) is 0 Å². The SMILES string of the molecule is O=C(OI)c1cnc2cc(Br)ccc2c1. The van der Waals surface area contributed by atoms with E-state index in [1.165, 1.54) is 6.20 Å². The molecule has 2 rings (SSSR count). The van der Waals surface area contributed by atoms with Crippen molar-refractivity contribution in [3.8, 4) is 0 Å². The van der Waals surface area contributed by atoms with Crippen LogP contribution in [0.1, 0.15) is 10.4 Å². The van der Waals surface area contributed by atoms with Gasteiger partial charge < -0.3 is 3.07 Å². The Kier molecular flexibility index (Phi) is 3.20. The van der Waals surface area contributed by atoms with E-state index in [0.29, 0.717) is 5.56 Å². The lowest BCUT2D eigenvalue weighted by Crippen LogP contribution is -1.98. The van der Waals surface area contributed by atoms with Crippen LogP contribution in [0.2, 0.25) is 0 Å². The molecule has 1 aromatic heterocycles. The standard InChI is InChI=1S/C10H5BrINO2/c11-8-2-1-6-3-7(10(14)15-12)5-13-9(6)4-8/h1-5H. The number of rotatable bonds is 1.